The predicted octanol–water partition coefficient (Wildman–Crippen LogP) is 3.77. The summed E-state index contributed by atoms with van der Waals surface area (Å²) >= 11 is 0. The Morgan fingerprint density at radius 1 is 1.11 bits per heavy atom. The van der Waals surface area contributed by atoms with Gasteiger partial charge < -0.3 is 14.8 Å². The van der Waals surface area contributed by atoms with Crippen molar-refractivity contribution in [1.29, 1.82) is 0 Å². The molecule has 27 heavy (non-hydrogen) atoms. The number of benzene rings is 2. The highest BCUT2D eigenvalue weighted by molar-refractivity contribution is 5.85. The summed E-state index contributed by atoms with van der Waals surface area (Å²) in [7, 11) is 1.62. The molecule has 144 valence electrons. The molecule has 0 radical (unpaired) electrons. The fourth-order valence-corrected chi connectivity index (χ4v) is 2.41. The standard InChI is InChI=1S/C19H23N5O2.ClH/c1-4-14(2)20-13-15-10-11-17(18(12-15)25-3)26-19-21-22-23-24(19)16-8-6-5-7-9-16;/h5-12,14,20H,4,13H2,1-3H3;1H. The first-order valence-corrected chi connectivity index (χ1v) is 8.63. The van der Waals surface area contributed by atoms with Crippen molar-refractivity contribution in [2.24, 2.45) is 0 Å². The number of hydrogen-bond donors (Lipinski definition) is 1. The molecule has 1 aromatic heterocycles. The van der Waals surface area contributed by atoms with Crippen LogP contribution in [-0.4, -0.2) is 33.4 Å². The Bertz CT molecular complexity index is 841. The minimum absolute atomic E-state index is 0. The van der Waals surface area contributed by atoms with Gasteiger partial charge in [0.1, 0.15) is 0 Å². The Balaban J connectivity index is 0.00000261. The molecule has 2 aromatic carbocycles. The molecule has 0 aliphatic carbocycles. The van der Waals surface area contributed by atoms with Gasteiger partial charge in [0.05, 0.1) is 12.8 Å². The van der Waals surface area contributed by atoms with Crippen LogP contribution in [0.3, 0.4) is 0 Å². The van der Waals surface area contributed by atoms with E-state index < -0.39 is 0 Å². The third-order valence-corrected chi connectivity index (χ3v) is 4.14. The Labute approximate surface area is 165 Å². The van der Waals surface area contributed by atoms with E-state index in [1.807, 2.05) is 48.5 Å². The molecule has 3 rings (SSSR count). The highest BCUT2D eigenvalue weighted by Crippen LogP contribution is 2.32. The molecular formula is C19H24ClN5O2. The monoisotopic (exact) mass is 389 g/mol. The topological polar surface area (TPSA) is 74.1 Å². The minimum atomic E-state index is 0. The third kappa shape index (κ3) is 5.18. The molecule has 1 atom stereocenters. The van der Waals surface area contributed by atoms with Gasteiger partial charge in [0.2, 0.25) is 0 Å². The average Bonchev–Trinajstić information content (AvgIpc) is 3.15. The van der Waals surface area contributed by atoms with E-state index in [9.17, 15) is 0 Å². The normalized spacial score (nSPS) is 11.5. The molecule has 1 N–H and O–H groups in total. The summed E-state index contributed by atoms with van der Waals surface area (Å²) < 4.78 is 12.9. The average molecular weight is 390 g/mol. The number of methoxy groups -OCH3 is 1. The van der Waals surface area contributed by atoms with Crippen LogP contribution in [0.2, 0.25) is 0 Å². The first-order chi connectivity index (χ1) is 12.7. The summed E-state index contributed by atoms with van der Waals surface area (Å²) in [5, 5.41) is 15.1. The summed E-state index contributed by atoms with van der Waals surface area (Å²) in [6.07, 6.45) is 1.08. The molecule has 8 heteroatoms. The molecule has 3 aromatic rings. The second-order valence-corrected chi connectivity index (χ2v) is 5.99. The van der Waals surface area contributed by atoms with Gasteiger partial charge in [-0.05, 0) is 53.6 Å². The molecular weight excluding hydrogens is 366 g/mol. The molecule has 7 nitrogen and oxygen atoms in total. The van der Waals surface area contributed by atoms with Crippen LogP contribution in [0.4, 0.5) is 0 Å². The second kappa shape index (κ2) is 9.89. The van der Waals surface area contributed by atoms with Gasteiger partial charge in [0.15, 0.2) is 11.5 Å². The number of halogens is 1. The van der Waals surface area contributed by atoms with Crippen molar-refractivity contribution < 1.29 is 9.47 Å². The van der Waals surface area contributed by atoms with E-state index in [0.717, 1.165) is 24.2 Å². The molecule has 0 saturated heterocycles. The number of nitrogens with zero attached hydrogens (tertiary/aromatic N) is 4. The van der Waals surface area contributed by atoms with Crippen LogP contribution in [-0.2, 0) is 6.54 Å². The van der Waals surface area contributed by atoms with Crippen LogP contribution in [0, 0.1) is 0 Å². The molecule has 0 saturated carbocycles. The lowest BCUT2D eigenvalue weighted by Crippen LogP contribution is -2.24. The summed E-state index contributed by atoms with van der Waals surface area (Å²) in [4.78, 5) is 0. The van der Waals surface area contributed by atoms with Crippen molar-refractivity contribution in [3.8, 4) is 23.2 Å². The summed E-state index contributed by atoms with van der Waals surface area (Å²) in [5.41, 5.74) is 1.94. The van der Waals surface area contributed by atoms with Gasteiger partial charge in [0.25, 0.3) is 0 Å². The van der Waals surface area contributed by atoms with Crippen LogP contribution in [0.1, 0.15) is 25.8 Å². The molecule has 0 spiro atoms. The number of rotatable bonds is 8. The molecule has 0 aliphatic heterocycles. The number of tetrazole rings is 1. The SMILES string of the molecule is CCC(C)NCc1ccc(Oc2nnnn2-c2ccccc2)c(OC)c1.Cl. The maximum atomic E-state index is 5.91. The van der Waals surface area contributed by atoms with Crippen molar-refractivity contribution in [2.75, 3.05) is 7.11 Å². The van der Waals surface area contributed by atoms with Crippen molar-refractivity contribution in [1.82, 2.24) is 25.5 Å². The van der Waals surface area contributed by atoms with E-state index in [0.29, 0.717) is 17.5 Å². The van der Waals surface area contributed by atoms with Gasteiger partial charge in [-0.2, -0.15) is 4.68 Å². The van der Waals surface area contributed by atoms with E-state index in [1.54, 1.807) is 7.11 Å². The fourth-order valence-electron chi connectivity index (χ4n) is 2.41. The highest BCUT2D eigenvalue weighted by atomic mass is 35.5. The maximum Gasteiger partial charge on any atom is 0.346 e. The quantitative estimate of drug-likeness (QED) is 0.632. The Morgan fingerprint density at radius 2 is 1.89 bits per heavy atom. The summed E-state index contributed by atoms with van der Waals surface area (Å²) in [5.74, 6) is 1.20. The van der Waals surface area contributed by atoms with Crippen LogP contribution < -0.4 is 14.8 Å². The van der Waals surface area contributed by atoms with E-state index >= 15 is 0 Å². The Hall–Kier alpha value is -2.64. The zero-order valence-electron chi connectivity index (χ0n) is 15.6. The van der Waals surface area contributed by atoms with Crippen LogP contribution in [0.25, 0.3) is 5.69 Å². The van der Waals surface area contributed by atoms with Gasteiger partial charge in [-0.1, -0.05) is 36.3 Å². The van der Waals surface area contributed by atoms with Gasteiger partial charge in [0, 0.05) is 12.6 Å². The van der Waals surface area contributed by atoms with E-state index in [2.05, 4.69) is 34.7 Å². The number of ether oxygens (including phenoxy) is 2. The lowest BCUT2D eigenvalue weighted by Gasteiger charge is -2.14. The Kier molecular flexibility index (Phi) is 7.57. The van der Waals surface area contributed by atoms with Gasteiger partial charge >= 0.3 is 6.01 Å². The van der Waals surface area contributed by atoms with Crippen LogP contribution in [0.15, 0.2) is 48.5 Å². The van der Waals surface area contributed by atoms with E-state index in [4.69, 9.17) is 9.47 Å². The van der Waals surface area contributed by atoms with Crippen LogP contribution in [0.5, 0.6) is 17.5 Å². The maximum absolute atomic E-state index is 5.91. The third-order valence-electron chi connectivity index (χ3n) is 4.14. The van der Waals surface area contributed by atoms with Gasteiger partial charge in [-0.25, -0.2) is 0 Å². The smallest absolute Gasteiger partial charge is 0.346 e. The Morgan fingerprint density at radius 3 is 2.59 bits per heavy atom. The van der Waals surface area contributed by atoms with Crippen LogP contribution >= 0.6 is 12.4 Å². The molecule has 1 heterocycles. The number of nitrogens with one attached hydrogen (secondary N) is 1. The molecule has 0 fully saturated rings. The number of aromatic nitrogens is 4. The minimum Gasteiger partial charge on any atom is -0.493 e. The molecule has 0 amide bonds. The number of para-hydroxylation sites is 1. The molecule has 0 aliphatic rings. The zero-order chi connectivity index (χ0) is 18.4. The first kappa shape index (κ1) is 20.7. The van der Waals surface area contributed by atoms with Crippen molar-refractivity contribution >= 4 is 12.4 Å². The van der Waals surface area contributed by atoms with Crippen molar-refractivity contribution in [3.63, 3.8) is 0 Å². The second-order valence-electron chi connectivity index (χ2n) is 5.99. The van der Waals surface area contributed by atoms with Crippen molar-refractivity contribution in [2.45, 2.75) is 32.9 Å². The van der Waals surface area contributed by atoms with Gasteiger partial charge in [-0.15, -0.1) is 12.4 Å². The lowest BCUT2D eigenvalue weighted by molar-refractivity contribution is 0.362. The first-order valence-electron chi connectivity index (χ1n) is 8.63. The zero-order valence-corrected chi connectivity index (χ0v) is 16.4. The largest absolute Gasteiger partial charge is 0.493 e. The van der Waals surface area contributed by atoms with E-state index in [1.165, 1.54) is 4.68 Å². The number of hydrogen-bond acceptors (Lipinski definition) is 6. The summed E-state index contributed by atoms with van der Waals surface area (Å²) in [6.45, 7) is 5.09. The van der Waals surface area contributed by atoms with E-state index in [-0.39, 0.29) is 18.4 Å². The predicted molar refractivity (Wildman–Crippen MR) is 106 cm³/mol. The highest BCUT2D eigenvalue weighted by Gasteiger charge is 2.14. The lowest BCUT2D eigenvalue weighted by atomic mass is 10.2. The summed E-state index contributed by atoms with van der Waals surface area (Å²) in [6, 6.07) is 16.2. The fraction of sp³-hybridized carbons (Fsp3) is 0.316. The molecule has 0 bridgehead atoms. The van der Waals surface area contributed by atoms with Gasteiger partial charge in [-0.3, -0.25) is 0 Å². The molecule has 1 unspecified atom stereocenters. The van der Waals surface area contributed by atoms with Crippen molar-refractivity contribution in [3.05, 3.63) is 54.1 Å².